The molecule has 0 unspecified atom stereocenters. The van der Waals surface area contributed by atoms with Crippen molar-refractivity contribution in [3.63, 3.8) is 0 Å². The molecule has 2 aromatic rings. The van der Waals surface area contributed by atoms with Crippen molar-refractivity contribution >= 4 is 21.4 Å². The predicted octanol–water partition coefficient (Wildman–Crippen LogP) is 3.33. The van der Waals surface area contributed by atoms with Crippen molar-refractivity contribution in [2.45, 2.75) is 13.3 Å². The molecule has 1 aromatic heterocycles. The smallest absolute Gasteiger partial charge is 0.143 e. The summed E-state index contributed by atoms with van der Waals surface area (Å²) in [6.45, 7) is 3.77. The molecule has 0 amide bonds. The van der Waals surface area contributed by atoms with E-state index in [0.717, 1.165) is 31.1 Å². The minimum Gasteiger partial charge on any atom is -0.317 e. The average Bonchev–Trinajstić information content (AvgIpc) is 2.62. The third kappa shape index (κ3) is 2.23. The van der Waals surface area contributed by atoms with Crippen molar-refractivity contribution < 1.29 is 8.78 Å². The van der Waals surface area contributed by atoms with Crippen molar-refractivity contribution in [3.8, 4) is 0 Å². The molecule has 0 aliphatic heterocycles. The summed E-state index contributed by atoms with van der Waals surface area (Å²) in [6.07, 6.45) is 0.802. The predicted molar refractivity (Wildman–Crippen MR) is 64.0 cm³/mol. The van der Waals surface area contributed by atoms with Crippen molar-refractivity contribution in [1.82, 2.24) is 5.32 Å². The molecule has 0 bridgehead atoms. The average molecular weight is 241 g/mol. The Hall–Kier alpha value is -1.00. The second kappa shape index (κ2) is 4.89. The van der Waals surface area contributed by atoms with Crippen molar-refractivity contribution in [1.29, 1.82) is 0 Å². The molecule has 0 aliphatic carbocycles. The molecule has 1 aromatic carbocycles. The zero-order valence-electron chi connectivity index (χ0n) is 9.02. The van der Waals surface area contributed by atoms with E-state index in [0.29, 0.717) is 10.1 Å². The van der Waals surface area contributed by atoms with E-state index in [2.05, 4.69) is 5.32 Å². The van der Waals surface area contributed by atoms with Crippen LogP contribution in [0.5, 0.6) is 0 Å². The van der Waals surface area contributed by atoms with Gasteiger partial charge in [-0.2, -0.15) is 0 Å². The second-order valence-electron chi connectivity index (χ2n) is 3.63. The first-order valence-corrected chi connectivity index (χ1v) is 6.16. The quantitative estimate of drug-likeness (QED) is 0.810. The van der Waals surface area contributed by atoms with Gasteiger partial charge in [0.2, 0.25) is 0 Å². The summed E-state index contributed by atoms with van der Waals surface area (Å²) in [5.74, 6) is -0.970. The van der Waals surface area contributed by atoms with E-state index >= 15 is 0 Å². The van der Waals surface area contributed by atoms with E-state index in [-0.39, 0.29) is 0 Å². The second-order valence-corrected chi connectivity index (χ2v) is 4.51. The first-order valence-electron chi connectivity index (χ1n) is 5.28. The lowest BCUT2D eigenvalue weighted by Crippen LogP contribution is -2.15. The largest absolute Gasteiger partial charge is 0.317 e. The lowest BCUT2D eigenvalue weighted by molar-refractivity contribution is 0.593. The van der Waals surface area contributed by atoms with Crippen LogP contribution in [0.25, 0.3) is 10.1 Å². The van der Waals surface area contributed by atoms with E-state index in [4.69, 9.17) is 0 Å². The Morgan fingerprint density at radius 2 is 2.12 bits per heavy atom. The van der Waals surface area contributed by atoms with Gasteiger partial charge in [-0.1, -0.05) is 6.92 Å². The van der Waals surface area contributed by atoms with Gasteiger partial charge in [-0.3, -0.25) is 0 Å². The molecule has 86 valence electrons. The van der Waals surface area contributed by atoms with Gasteiger partial charge in [0.05, 0.1) is 4.70 Å². The monoisotopic (exact) mass is 241 g/mol. The molecule has 0 radical (unpaired) electrons. The molecule has 0 fully saturated rings. The van der Waals surface area contributed by atoms with Crippen LogP contribution in [0.3, 0.4) is 0 Å². The Morgan fingerprint density at radius 3 is 2.88 bits per heavy atom. The zero-order chi connectivity index (χ0) is 11.5. The number of nitrogens with one attached hydrogen (secondary N) is 1. The number of likely N-dealkylation sites (N-methyl/N-ethyl adjacent to an activating group) is 1. The molecular formula is C12H13F2NS. The first kappa shape index (κ1) is 11.5. The van der Waals surface area contributed by atoms with Gasteiger partial charge in [0.1, 0.15) is 11.6 Å². The van der Waals surface area contributed by atoms with Gasteiger partial charge in [0.25, 0.3) is 0 Å². The zero-order valence-corrected chi connectivity index (χ0v) is 9.83. The third-order valence-corrected chi connectivity index (χ3v) is 3.55. The Kier molecular flexibility index (Phi) is 3.51. The molecule has 4 heteroatoms. The molecule has 0 spiro atoms. The summed E-state index contributed by atoms with van der Waals surface area (Å²) in [5, 5.41) is 5.81. The number of benzene rings is 1. The van der Waals surface area contributed by atoms with Crippen LogP contribution >= 0.6 is 11.3 Å². The fourth-order valence-corrected chi connectivity index (χ4v) is 2.70. The lowest BCUT2D eigenvalue weighted by atomic mass is 10.1. The van der Waals surface area contributed by atoms with E-state index < -0.39 is 11.6 Å². The van der Waals surface area contributed by atoms with E-state index in [1.165, 1.54) is 17.4 Å². The van der Waals surface area contributed by atoms with Gasteiger partial charge < -0.3 is 5.32 Å². The van der Waals surface area contributed by atoms with Gasteiger partial charge in [-0.15, -0.1) is 11.3 Å². The van der Waals surface area contributed by atoms with Crippen LogP contribution in [-0.4, -0.2) is 13.1 Å². The van der Waals surface area contributed by atoms with Crippen LogP contribution in [0.1, 0.15) is 12.5 Å². The van der Waals surface area contributed by atoms with E-state index in [1.54, 1.807) is 0 Å². The van der Waals surface area contributed by atoms with Gasteiger partial charge in [-0.25, -0.2) is 8.78 Å². The van der Waals surface area contributed by atoms with Crippen LogP contribution in [0.15, 0.2) is 17.5 Å². The van der Waals surface area contributed by atoms with Gasteiger partial charge in [0.15, 0.2) is 0 Å². The Morgan fingerprint density at radius 1 is 1.31 bits per heavy atom. The maximum Gasteiger partial charge on any atom is 0.143 e. The normalized spacial score (nSPS) is 11.2. The topological polar surface area (TPSA) is 12.0 Å². The van der Waals surface area contributed by atoms with Gasteiger partial charge >= 0.3 is 0 Å². The summed E-state index contributed by atoms with van der Waals surface area (Å²) < 4.78 is 27.0. The Labute approximate surface area is 97.1 Å². The summed E-state index contributed by atoms with van der Waals surface area (Å²) >= 11 is 1.34. The van der Waals surface area contributed by atoms with Crippen molar-refractivity contribution in [2.24, 2.45) is 0 Å². The molecule has 16 heavy (non-hydrogen) atoms. The summed E-state index contributed by atoms with van der Waals surface area (Å²) in [4.78, 5) is 0. The van der Waals surface area contributed by atoms with Crippen LogP contribution in [0.2, 0.25) is 0 Å². The fourth-order valence-electron chi connectivity index (χ4n) is 1.71. The molecule has 1 N–H and O–H groups in total. The molecule has 2 rings (SSSR count). The molecule has 0 atom stereocenters. The molecule has 0 saturated heterocycles. The van der Waals surface area contributed by atoms with E-state index in [1.807, 2.05) is 12.3 Å². The number of thiophene rings is 1. The minimum atomic E-state index is -0.506. The first-order chi connectivity index (χ1) is 7.72. The third-order valence-electron chi connectivity index (χ3n) is 2.49. The Bertz CT molecular complexity index is 493. The van der Waals surface area contributed by atoms with Gasteiger partial charge in [0, 0.05) is 11.5 Å². The summed E-state index contributed by atoms with van der Waals surface area (Å²) in [6, 6.07) is 2.35. The highest BCUT2D eigenvalue weighted by atomic mass is 32.1. The van der Waals surface area contributed by atoms with Gasteiger partial charge in [-0.05, 0) is 36.5 Å². The molecule has 0 saturated carbocycles. The fraction of sp³-hybridized carbons (Fsp3) is 0.333. The van der Waals surface area contributed by atoms with Crippen molar-refractivity contribution in [2.75, 3.05) is 13.1 Å². The van der Waals surface area contributed by atoms with Crippen molar-refractivity contribution in [3.05, 3.63) is 34.7 Å². The molecule has 1 heterocycles. The van der Waals surface area contributed by atoms with E-state index in [9.17, 15) is 8.78 Å². The minimum absolute atomic E-state index is 0.463. The number of hydrogen-bond acceptors (Lipinski definition) is 2. The highest BCUT2D eigenvalue weighted by Crippen LogP contribution is 2.29. The number of hydrogen-bond donors (Lipinski definition) is 1. The number of fused-ring (bicyclic) bond motifs is 1. The van der Waals surface area contributed by atoms with Crippen LogP contribution in [-0.2, 0) is 6.42 Å². The van der Waals surface area contributed by atoms with Crippen LogP contribution < -0.4 is 5.32 Å². The number of rotatable bonds is 4. The molecule has 1 nitrogen and oxygen atoms in total. The lowest BCUT2D eigenvalue weighted by Gasteiger charge is -2.01. The van der Waals surface area contributed by atoms with Crippen LogP contribution in [0, 0.1) is 11.6 Å². The number of halogens is 2. The molecular weight excluding hydrogens is 228 g/mol. The highest BCUT2D eigenvalue weighted by molar-refractivity contribution is 7.17. The van der Waals surface area contributed by atoms with Crippen LogP contribution in [0.4, 0.5) is 8.78 Å². The summed E-state index contributed by atoms with van der Waals surface area (Å²) in [5.41, 5.74) is 1.01. The molecule has 0 aliphatic rings. The Balaban J connectivity index is 2.32. The maximum absolute atomic E-state index is 13.4. The maximum atomic E-state index is 13.4. The SMILES string of the molecule is CCNCCc1csc2c(F)cc(F)cc12. The highest BCUT2D eigenvalue weighted by Gasteiger charge is 2.09. The summed E-state index contributed by atoms with van der Waals surface area (Å²) in [7, 11) is 0. The standard InChI is InChI=1S/C12H13F2NS/c1-2-15-4-3-8-7-16-12-10(8)5-9(13)6-11(12)14/h5-7,15H,2-4H2,1H3.